The molecule has 3 aromatic rings. The Morgan fingerprint density at radius 3 is 2.61 bits per heavy atom. The standard InChI is InChI=1S/C14H11FN2O/c15-10-6-7-13-12(8-10)16-14(9-18)17(13)11-4-2-1-3-5-11/h1-8,18H,9H2. The van der Waals surface area contributed by atoms with Gasteiger partial charge in [-0.15, -0.1) is 0 Å². The molecule has 2 aromatic carbocycles. The molecule has 0 aliphatic carbocycles. The predicted octanol–water partition coefficient (Wildman–Crippen LogP) is 2.66. The third kappa shape index (κ3) is 1.67. The van der Waals surface area contributed by atoms with Gasteiger partial charge in [0, 0.05) is 11.8 Å². The first-order valence-corrected chi connectivity index (χ1v) is 5.63. The van der Waals surface area contributed by atoms with Gasteiger partial charge in [-0.25, -0.2) is 9.37 Å². The summed E-state index contributed by atoms with van der Waals surface area (Å²) in [5.41, 5.74) is 2.23. The van der Waals surface area contributed by atoms with Crippen molar-refractivity contribution in [3.63, 3.8) is 0 Å². The lowest BCUT2D eigenvalue weighted by Crippen LogP contribution is -2.00. The van der Waals surface area contributed by atoms with Gasteiger partial charge in [-0.05, 0) is 24.3 Å². The van der Waals surface area contributed by atoms with Gasteiger partial charge < -0.3 is 5.11 Å². The van der Waals surface area contributed by atoms with Crippen LogP contribution in [0, 0.1) is 5.82 Å². The van der Waals surface area contributed by atoms with Gasteiger partial charge in [0.1, 0.15) is 18.2 Å². The van der Waals surface area contributed by atoms with Crippen molar-refractivity contribution < 1.29 is 9.50 Å². The molecule has 1 N–H and O–H groups in total. The summed E-state index contributed by atoms with van der Waals surface area (Å²) in [4.78, 5) is 4.24. The molecule has 18 heavy (non-hydrogen) atoms. The fraction of sp³-hybridized carbons (Fsp3) is 0.0714. The van der Waals surface area contributed by atoms with Crippen LogP contribution in [0.1, 0.15) is 5.82 Å². The zero-order valence-electron chi connectivity index (χ0n) is 9.55. The van der Waals surface area contributed by atoms with E-state index in [0.29, 0.717) is 11.3 Å². The largest absolute Gasteiger partial charge is 0.388 e. The van der Waals surface area contributed by atoms with Crippen molar-refractivity contribution >= 4 is 11.0 Å². The summed E-state index contributed by atoms with van der Waals surface area (Å²) in [6, 6.07) is 14.0. The van der Waals surface area contributed by atoms with Crippen LogP contribution in [-0.2, 0) is 6.61 Å². The van der Waals surface area contributed by atoms with Gasteiger partial charge in [-0.1, -0.05) is 18.2 Å². The van der Waals surface area contributed by atoms with Gasteiger partial charge in [0.2, 0.25) is 0 Å². The zero-order chi connectivity index (χ0) is 12.5. The first-order valence-electron chi connectivity index (χ1n) is 5.63. The maximum atomic E-state index is 13.2. The Bertz CT molecular complexity index is 692. The molecule has 0 fully saturated rings. The summed E-state index contributed by atoms with van der Waals surface area (Å²) in [7, 11) is 0. The Balaban J connectivity index is 2.33. The minimum absolute atomic E-state index is 0.189. The van der Waals surface area contributed by atoms with Crippen LogP contribution < -0.4 is 0 Å². The average molecular weight is 242 g/mol. The number of aromatic nitrogens is 2. The Kier molecular flexibility index (Phi) is 2.57. The fourth-order valence-corrected chi connectivity index (χ4v) is 2.07. The molecule has 4 heteroatoms. The Labute approximate surface area is 103 Å². The Morgan fingerprint density at radius 2 is 1.89 bits per heavy atom. The van der Waals surface area contributed by atoms with Gasteiger partial charge >= 0.3 is 0 Å². The van der Waals surface area contributed by atoms with E-state index in [1.54, 1.807) is 6.07 Å². The second kappa shape index (κ2) is 4.23. The molecule has 90 valence electrons. The number of halogens is 1. The number of para-hydroxylation sites is 1. The molecular weight excluding hydrogens is 231 g/mol. The number of hydrogen-bond donors (Lipinski definition) is 1. The number of benzene rings is 2. The van der Waals surface area contributed by atoms with Crippen molar-refractivity contribution in [3.05, 3.63) is 60.2 Å². The summed E-state index contributed by atoms with van der Waals surface area (Å²) in [6.07, 6.45) is 0. The van der Waals surface area contributed by atoms with Crippen LogP contribution in [0.2, 0.25) is 0 Å². The summed E-state index contributed by atoms with van der Waals surface area (Å²) >= 11 is 0. The first-order chi connectivity index (χ1) is 8.79. The summed E-state index contributed by atoms with van der Waals surface area (Å²) in [5, 5.41) is 9.37. The Hall–Kier alpha value is -2.20. The monoisotopic (exact) mass is 242 g/mol. The van der Waals surface area contributed by atoms with Crippen LogP contribution in [0.25, 0.3) is 16.7 Å². The highest BCUT2D eigenvalue weighted by Gasteiger charge is 2.11. The van der Waals surface area contributed by atoms with Crippen LogP contribution in [0.3, 0.4) is 0 Å². The second-order valence-electron chi connectivity index (χ2n) is 3.99. The highest BCUT2D eigenvalue weighted by atomic mass is 19.1. The molecule has 1 aromatic heterocycles. The fourth-order valence-electron chi connectivity index (χ4n) is 2.07. The summed E-state index contributed by atoms with van der Waals surface area (Å²) in [6.45, 7) is -0.189. The van der Waals surface area contributed by atoms with Crippen molar-refractivity contribution in [1.29, 1.82) is 0 Å². The minimum atomic E-state index is -0.329. The van der Waals surface area contributed by atoms with Gasteiger partial charge in [0.15, 0.2) is 0 Å². The lowest BCUT2D eigenvalue weighted by Gasteiger charge is -2.07. The third-order valence-electron chi connectivity index (χ3n) is 2.84. The predicted molar refractivity (Wildman–Crippen MR) is 67.0 cm³/mol. The smallest absolute Gasteiger partial charge is 0.140 e. The lowest BCUT2D eigenvalue weighted by atomic mass is 10.2. The third-order valence-corrected chi connectivity index (χ3v) is 2.84. The highest BCUT2D eigenvalue weighted by molar-refractivity contribution is 5.78. The number of hydrogen-bond acceptors (Lipinski definition) is 2. The summed E-state index contributed by atoms with van der Waals surface area (Å²) in [5.74, 6) is 0.173. The van der Waals surface area contributed by atoms with Gasteiger partial charge in [0.05, 0.1) is 11.0 Å². The summed E-state index contributed by atoms with van der Waals surface area (Å²) < 4.78 is 15.0. The topological polar surface area (TPSA) is 38.1 Å². The SMILES string of the molecule is OCc1nc2cc(F)ccc2n1-c1ccccc1. The number of fused-ring (bicyclic) bond motifs is 1. The number of rotatable bonds is 2. The van der Waals surface area contributed by atoms with E-state index in [4.69, 9.17) is 0 Å². The van der Waals surface area contributed by atoms with E-state index in [2.05, 4.69) is 4.98 Å². The molecule has 0 aliphatic rings. The van der Waals surface area contributed by atoms with Gasteiger partial charge in [0.25, 0.3) is 0 Å². The van der Waals surface area contributed by atoms with Crippen LogP contribution in [0.4, 0.5) is 4.39 Å². The molecule has 0 bridgehead atoms. The van der Waals surface area contributed by atoms with E-state index in [0.717, 1.165) is 11.2 Å². The average Bonchev–Trinajstić information content (AvgIpc) is 2.77. The maximum Gasteiger partial charge on any atom is 0.140 e. The van der Waals surface area contributed by atoms with E-state index in [1.807, 2.05) is 34.9 Å². The molecule has 3 nitrogen and oxygen atoms in total. The van der Waals surface area contributed by atoms with Crippen LogP contribution in [0.5, 0.6) is 0 Å². The molecule has 0 amide bonds. The lowest BCUT2D eigenvalue weighted by molar-refractivity contribution is 0.270. The molecule has 0 aliphatic heterocycles. The number of aliphatic hydroxyl groups is 1. The van der Waals surface area contributed by atoms with Crippen molar-refractivity contribution in [2.24, 2.45) is 0 Å². The van der Waals surface area contributed by atoms with Crippen molar-refractivity contribution in [3.8, 4) is 5.69 Å². The van der Waals surface area contributed by atoms with Crippen LogP contribution in [0.15, 0.2) is 48.5 Å². The van der Waals surface area contributed by atoms with E-state index >= 15 is 0 Å². The molecule has 0 spiro atoms. The molecule has 3 rings (SSSR count). The molecule has 0 saturated carbocycles. The molecule has 0 radical (unpaired) electrons. The Morgan fingerprint density at radius 1 is 1.11 bits per heavy atom. The zero-order valence-corrected chi connectivity index (χ0v) is 9.55. The first kappa shape index (κ1) is 10.9. The van der Waals surface area contributed by atoms with Gasteiger partial charge in [-0.3, -0.25) is 4.57 Å². The minimum Gasteiger partial charge on any atom is -0.388 e. The van der Waals surface area contributed by atoms with E-state index < -0.39 is 0 Å². The second-order valence-corrected chi connectivity index (χ2v) is 3.99. The molecular formula is C14H11FN2O. The number of aliphatic hydroxyl groups excluding tert-OH is 1. The molecule has 1 heterocycles. The van der Waals surface area contributed by atoms with E-state index in [-0.39, 0.29) is 12.4 Å². The molecule has 0 atom stereocenters. The van der Waals surface area contributed by atoms with Gasteiger partial charge in [-0.2, -0.15) is 0 Å². The molecule has 0 saturated heterocycles. The number of imidazole rings is 1. The van der Waals surface area contributed by atoms with Crippen LogP contribution >= 0.6 is 0 Å². The van der Waals surface area contributed by atoms with Crippen molar-refractivity contribution in [2.75, 3.05) is 0 Å². The van der Waals surface area contributed by atoms with Crippen molar-refractivity contribution in [2.45, 2.75) is 6.61 Å². The maximum absolute atomic E-state index is 13.2. The molecule has 0 unspecified atom stereocenters. The quantitative estimate of drug-likeness (QED) is 0.750. The van der Waals surface area contributed by atoms with E-state index in [1.165, 1.54) is 12.1 Å². The van der Waals surface area contributed by atoms with Crippen LogP contribution in [-0.4, -0.2) is 14.7 Å². The van der Waals surface area contributed by atoms with Crippen molar-refractivity contribution in [1.82, 2.24) is 9.55 Å². The number of nitrogens with zero attached hydrogens (tertiary/aromatic N) is 2. The highest BCUT2D eigenvalue weighted by Crippen LogP contribution is 2.22. The normalized spacial score (nSPS) is 11.0. The van der Waals surface area contributed by atoms with E-state index in [9.17, 15) is 9.50 Å².